The third-order valence-corrected chi connectivity index (χ3v) is 9.22. The van der Waals surface area contributed by atoms with Crippen molar-refractivity contribution in [3.8, 4) is 5.75 Å². The number of methoxy groups -OCH3 is 1. The van der Waals surface area contributed by atoms with Crippen LogP contribution in [-0.2, 0) is 14.4 Å². The van der Waals surface area contributed by atoms with Gasteiger partial charge in [-0.25, -0.2) is 4.90 Å². The van der Waals surface area contributed by atoms with Crippen molar-refractivity contribution in [2.45, 2.75) is 16.6 Å². The van der Waals surface area contributed by atoms with E-state index < -0.39 is 17.1 Å². The molecule has 45 heavy (non-hydrogen) atoms. The highest BCUT2D eigenvalue weighted by atomic mass is 79.9. The van der Waals surface area contributed by atoms with Crippen LogP contribution in [0.2, 0.25) is 10.0 Å². The molecule has 0 aromatic heterocycles. The van der Waals surface area contributed by atoms with Crippen LogP contribution < -0.4 is 20.3 Å². The lowest BCUT2D eigenvalue weighted by atomic mass is 10.1. The Morgan fingerprint density at radius 1 is 0.956 bits per heavy atom. The smallest absolute Gasteiger partial charge is 0.272 e. The molecule has 0 unspecified atom stereocenters. The quantitative estimate of drug-likeness (QED) is 0.136. The minimum Gasteiger partial charge on any atom is -0.496 e. The van der Waals surface area contributed by atoms with E-state index in [1.54, 1.807) is 84.9 Å². The van der Waals surface area contributed by atoms with Crippen molar-refractivity contribution in [2.75, 3.05) is 17.3 Å². The van der Waals surface area contributed by atoms with Gasteiger partial charge < -0.3 is 15.4 Å². The summed E-state index contributed by atoms with van der Waals surface area (Å²) in [6.07, 6.45) is 1.54. The summed E-state index contributed by atoms with van der Waals surface area (Å²) in [4.78, 5) is 54.3. The van der Waals surface area contributed by atoms with E-state index in [1.807, 2.05) is 0 Å². The van der Waals surface area contributed by atoms with E-state index in [4.69, 9.17) is 27.9 Å². The molecule has 4 amide bonds. The summed E-state index contributed by atoms with van der Waals surface area (Å²) in [6, 6.07) is 25.3. The number of nitrogens with zero attached hydrogens (tertiary/aromatic N) is 1. The standard InChI is InChI=1S/C33H24BrCl2N3O5S/c1-44-28-15-19(10-12-24(28)34)14-27(38-31(41)20-6-3-2-4-7-20)32(42)37-21-8-5-9-23(16-21)45-29-18-30(40)39(33(29)43)22-11-13-25(35)26(36)17-22/h2-17,29H,18H2,1H3,(H,37,42)(H,38,41)/b27-14-/t29-/m0/s1. The highest BCUT2D eigenvalue weighted by Crippen LogP contribution is 2.36. The van der Waals surface area contributed by atoms with E-state index in [0.717, 1.165) is 9.37 Å². The second-order valence-corrected chi connectivity index (χ2v) is 12.7. The van der Waals surface area contributed by atoms with Crippen molar-refractivity contribution in [1.82, 2.24) is 5.32 Å². The van der Waals surface area contributed by atoms with Gasteiger partial charge in [0.25, 0.3) is 11.8 Å². The van der Waals surface area contributed by atoms with Crippen LogP contribution in [0.25, 0.3) is 6.08 Å². The highest BCUT2D eigenvalue weighted by Gasteiger charge is 2.40. The Balaban J connectivity index is 1.35. The van der Waals surface area contributed by atoms with Crippen LogP contribution >= 0.6 is 50.9 Å². The normalized spacial score (nSPS) is 14.8. The van der Waals surface area contributed by atoms with E-state index in [2.05, 4.69) is 26.6 Å². The van der Waals surface area contributed by atoms with Crippen molar-refractivity contribution in [2.24, 2.45) is 0 Å². The summed E-state index contributed by atoms with van der Waals surface area (Å²) < 4.78 is 6.11. The van der Waals surface area contributed by atoms with Crippen LogP contribution in [0.1, 0.15) is 22.3 Å². The molecular formula is C33H24BrCl2N3O5S. The predicted molar refractivity (Wildman–Crippen MR) is 181 cm³/mol. The number of carbonyl (C=O) groups excluding carboxylic acids is 4. The number of carbonyl (C=O) groups is 4. The lowest BCUT2D eigenvalue weighted by Gasteiger charge is -2.16. The molecule has 4 aromatic carbocycles. The number of hydrogen-bond donors (Lipinski definition) is 2. The minimum atomic E-state index is -0.675. The molecule has 0 saturated carbocycles. The van der Waals surface area contributed by atoms with E-state index in [1.165, 1.54) is 31.0 Å². The number of ether oxygens (including phenoxy) is 1. The molecule has 12 heteroatoms. The Labute approximate surface area is 281 Å². The number of nitrogens with one attached hydrogen (secondary N) is 2. The monoisotopic (exact) mass is 723 g/mol. The lowest BCUT2D eigenvalue weighted by molar-refractivity contribution is -0.121. The van der Waals surface area contributed by atoms with Crippen molar-refractivity contribution in [3.63, 3.8) is 0 Å². The maximum atomic E-state index is 13.5. The number of rotatable bonds is 9. The van der Waals surface area contributed by atoms with Gasteiger partial charge >= 0.3 is 0 Å². The first-order valence-electron chi connectivity index (χ1n) is 13.4. The zero-order valence-electron chi connectivity index (χ0n) is 23.6. The number of halogens is 3. The van der Waals surface area contributed by atoms with Crippen LogP contribution in [-0.4, -0.2) is 36.0 Å². The summed E-state index contributed by atoms with van der Waals surface area (Å²) in [6.45, 7) is 0. The Hall–Kier alpha value is -4.09. The fourth-order valence-corrected chi connectivity index (χ4v) is 6.29. The Morgan fingerprint density at radius 3 is 2.47 bits per heavy atom. The van der Waals surface area contributed by atoms with Gasteiger partial charge in [0.2, 0.25) is 11.8 Å². The third kappa shape index (κ3) is 7.77. The molecule has 228 valence electrons. The largest absolute Gasteiger partial charge is 0.496 e. The van der Waals surface area contributed by atoms with Gasteiger partial charge in [-0.15, -0.1) is 11.8 Å². The van der Waals surface area contributed by atoms with Gasteiger partial charge in [-0.1, -0.05) is 53.5 Å². The average molecular weight is 725 g/mol. The summed E-state index contributed by atoms with van der Waals surface area (Å²) in [5.74, 6) is -1.20. The molecule has 1 fully saturated rings. The zero-order valence-corrected chi connectivity index (χ0v) is 27.5. The van der Waals surface area contributed by atoms with Crippen LogP contribution in [0.3, 0.4) is 0 Å². The topological polar surface area (TPSA) is 105 Å². The minimum absolute atomic E-state index is 0.000110. The van der Waals surface area contributed by atoms with Crippen molar-refractivity contribution in [3.05, 3.63) is 122 Å². The summed E-state index contributed by atoms with van der Waals surface area (Å²) in [5, 5.41) is 5.42. The fraction of sp³-hybridized carbons (Fsp3) is 0.0909. The van der Waals surface area contributed by atoms with E-state index in [-0.39, 0.29) is 29.0 Å². The molecule has 1 atom stereocenters. The molecule has 1 aliphatic rings. The number of imide groups is 1. The first-order chi connectivity index (χ1) is 21.6. The number of anilines is 2. The fourth-order valence-electron chi connectivity index (χ4n) is 4.48. The van der Waals surface area contributed by atoms with Gasteiger partial charge in [-0.2, -0.15) is 0 Å². The molecular weight excluding hydrogens is 701 g/mol. The molecule has 0 radical (unpaired) electrons. The molecule has 1 heterocycles. The first kappa shape index (κ1) is 32.3. The zero-order chi connectivity index (χ0) is 32.1. The molecule has 5 rings (SSSR count). The van der Waals surface area contributed by atoms with E-state index >= 15 is 0 Å². The van der Waals surface area contributed by atoms with Gasteiger partial charge in [0.15, 0.2) is 0 Å². The number of thioether (sulfide) groups is 1. The Bertz CT molecular complexity index is 1840. The molecule has 8 nitrogen and oxygen atoms in total. The lowest BCUT2D eigenvalue weighted by Crippen LogP contribution is -2.31. The second-order valence-electron chi connectivity index (χ2n) is 9.73. The van der Waals surface area contributed by atoms with Gasteiger partial charge in [-0.3, -0.25) is 19.2 Å². The van der Waals surface area contributed by atoms with Crippen molar-refractivity contribution >= 4 is 92.0 Å². The van der Waals surface area contributed by atoms with Crippen molar-refractivity contribution in [1.29, 1.82) is 0 Å². The molecule has 0 spiro atoms. The summed E-state index contributed by atoms with van der Waals surface area (Å²) in [5.41, 5.74) is 1.78. The van der Waals surface area contributed by atoms with E-state index in [0.29, 0.717) is 38.2 Å². The van der Waals surface area contributed by atoms with Gasteiger partial charge in [-0.05, 0) is 88.2 Å². The Kier molecular flexibility index (Phi) is 10.3. The molecule has 2 N–H and O–H groups in total. The van der Waals surface area contributed by atoms with E-state index in [9.17, 15) is 19.2 Å². The maximum Gasteiger partial charge on any atom is 0.272 e. The van der Waals surface area contributed by atoms with Crippen LogP contribution in [0.15, 0.2) is 106 Å². The predicted octanol–water partition coefficient (Wildman–Crippen LogP) is 7.60. The number of benzene rings is 4. The van der Waals surface area contributed by atoms with Crippen LogP contribution in [0.5, 0.6) is 5.75 Å². The molecule has 1 aliphatic heterocycles. The van der Waals surface area contributed by atoms with Gasteiger partial charge in [0.05, 0.1) is 32.6 Å². The first-order valence-corrected chi connectivity index (χ1v) is 15.9. The average Bonchev–Trinajstić information content (AvgIpc) is 3.31. The molecule has 4 aromatic rings. The second kappa shape index (κ2) is 14.3. The number of amides is 4. The Morgan fingerprint density at radius 2 is 1.73 bits per heavy atom. The van der Waals surface area contributed by atoms with Crippen LogP contribution in [0, 0.1) is 0 Å². The number of hydrogen-bond acceptors (Lipinski definition) is 6. The van der Waals surface area contributed by atoms with Crippen molar-refractivity contribution < 1.29 is 23.9 Å². The third-order valence-electron chi connectivity index (χ3n) is 6.65. The van der Waals surface area contributed by atoms with Crippen LogP contribution in [0.4, 0.5) is 11.4 Å². The maximum absolute atomic E-state index is 13.5. The van der Waals surface area contributed by atoms with Gasteiger partial charge in [0, 0.05) is 22.6 Å². The summed E-state index contributed by atoms with van der Waals surface area (Å²) >= 11 is 16.7. The SMILES string of the molecule is COc1cc(/C=C(\NC(=O)c2ccccc2)C(=O)Nc2cccc(S[C@H]3CC(=O)N(c4ccc(Cl)c(Cl)c4)C3=O)c2)ccc1Br. The highest BCUT2D eigenvalue weighted by molar-refractivity contribution is 9.10. The molecule has 0 aliphatic carbocycles. The summed E-state index contributed by atoms with van der Waals surface area (Å²) in [7, 11) is 1.53. The molecule has 1 saturated heterocycles. The van der Waals surface area contributed by atoms with Gasteiger partial charge in [0.1, 0.15) is 11.4 Å². The molecule has 0 bridgehead atoms.